The minimum atomic E-state index is -0.449. The molecule has 0 bridgehead atoms. The van der Waals surface area contributed by atoms with E-state index in [9.17, 15) is 4.79 Å². The molecule has 0 aliphatic rings. The lowest BCUT2D eigenvalue weighted by atomic mass is 10.3. The van der Waals surface area contributed by atoms with Crippen LogP contribution in [0.2, 0.25) is 0 Å². The van der Waals surface area contributed by atoms with Crippen LogP contribution in [0.4, 0.5) is 0 Å². The average molecular weight is 331 g/mol. The summed E-state index contributed by atoms with van der Waals surface area (Å²) in [5.74, 6) is 0.666. The zero-order valence-corrected chi connectivity index (χ0v) is 12.8. The molecule has 0 radical (unpaired) electrons. The molecule has 0 fully saturated rings. The van der Waals surface area contributed by atoms with Gasteiger partial charge in [0, 0.05) is 6.07 Å². The van der Waals surface area contributed by atoms with E-state index in [1.165, 1.54) is 26.5 Å². The Balaban J connectivity index is 1.67. The van der Waals surface area contributed by atoms with E-state index in [1.807, 2.05) is 0 Å². The summed E-state index contributed by atoms with van der Waals surface area (Å²) in [6, 6.07) is 5.06. The number of nitrogens with zero attached hydrogens (tertiary/aromatic N) is 4. The van der Waals surface area contributed by atoms with Crippen LogP contribution in [0.5, 0.6) is 12.0 Å². The van der Waals surface area contributed by atoms with Crippen molar-refractivity contribution in [2.45, 2.75) is 6.54 Å². The molecule has 1 amide bonds. The molecule has 124 valence electrons. The van der Waals surface area contributed by atoms with Crippen molar-refractivity contribution in [2.75, 3.05) is 14.2 Å². The molecule has 1 N–H and O–H groups in total. The number of nitrogens with one attached hydrogen (secondary N) is 1. The molecule has 10 nitrogen and oxygen atoms in total. The third-order valence-corrected chi connectivity index (χ3v) is 2.92. The van der Waals surface area contributed by atoms with E-state index >= 15 is 0 Å². The molecule has 3 aromatic rings. The first-order valence-electron chi connectivity index (χ1n) is 6.81. The highest BCUT2D eigenvalue weighted by Crippen LogP contribution is 2.20. The van der Waals surface area contributed by atoms with E-state index in [2.05, 4.69) is 25.4 Å². The van der Waals surface area contributed by atoms with E-state index < -0.39 is 5.91 Å². The number of carbonyl (C=O) groups excluding carboxylic acids is 1. The Morgan fingerprint density at radius 3 is 2.54 bits per heavy atom. The molecule has 3 aromatic heterocycles. The van der Waals surface area contributed by atoms with Gasteiger partial charge in [0.1, 0.15) is 0 Å². The fraction of sp³-hybridized carbons (Fsp3) is 0.214. The van der Waals surface area contributed by atoms with Gasteiger partial charge >= 0.3 is 12.0 Å². The van der Waals surface area contributed by atoms with Crippen LogP contribution in [-0.2, 0) is 6.54 Å². The third kappa shape index (κ3) is 3.32. The van der Waals surface area contributed by atoms with E-state index in [4.69, 9.17) is 18.4 Å². The molecular formula is C14H13N5O5. The number of ether oxygens (including phenoxy) is 2. The lowest BCUT2D eigenvalue weighted by molar-refractivity contribution is 0.0940. The molecule has 0 saturated carbocycles. The van der Waals surface area contributed by atoms with Gasteiger partial charge in [-0.1, -0.05) is 5.16 Å². The first kappa shape index (κ1) is 15.5. The van der Waals surface area contributed by atoms with Gasteiger partial charge < -0.3 is 23.7 Å². The normalized spacial score (nSPS) is 10.4. The second kappa shape index (κ2) is 6.77. The van der Waals surface area contributed by atoms with Gasteiger partial charge in [-0.05, 0) is 12.1 Å². The summed E-state index contributed by atoms with van der Waals surface area (Å²) in [5.41, 5.74) is 0.106. The summed E-state index contributed by atoms with van der Waals surface area (Å²) in [6.07, 6.45) is 1.50. The van der Waals surface area contributed by atoms with Gasteiger partial charge in [-0.2, -0.15) is 9.97 Å². The van der Waals surface area contributed by atoms with Crippen molar-refractivity contribution in [2.24, 2.45) is 0 Å². The zero-order chi connectivity index (χ0) is 16.9. The van der Waals surface area contributed by atoms with Crippen molar-refractivity contribution >= 4 is 5.91 Å². The number of hydrogen-bond donors (Lipinski definition) is 1. The number of rotatable bonds is 6. The summed E-state index contributed by atoms with van der Waals surface area (Å²) < 4.78 is 20.1. The molecule has 0 unspecified atom stereocenters. The number of amides is 1. The van der Waals surface area contributed by atoms with Gasteiger partial charge in [-0.25, -0.2) is 0 Å². The van der Waals surface area contributed by atoms with Gasteiger partial charge in [0.25, 0.3) is 5.91 Å². The molecule has 10 heteroatoms. The highest BCUT2D eigenvalue weighted by molar-refractivity contribution is 5.92. The molecule has 0 aliphatic heterocycles. The molecule has 3 heterocycles. The van der Waals surface area contributed by atoms with E-state index in [1.54, 1.807) is 12.1 Å². The lowest BCUT2D eigenvalue weighted by Crippen LogP contribution is -2.24. The Morgan fingerprint density at radius 1 is 1.17 bits per heavy atom. The second-order valence-electron chi connectivity index (χ2n) is 4.46. The van der Waals surface area contributed by atoms with Crippen LogP contribution >= 0.6 is 0 Å². The molecule has 24 heavy (non-hydrogen) atoms. The van der Waals surface area contributed by atoms with Crippen LogP contribution in [0.3, 0.4) is 0 Å². The van der Waals surface area contributed by atoms with Crippen LogP contribution in [-0.4, -0.2) is 40.2 Å². The van der Waals surface area contributed by atoms with Crippen LogP contribution in [0.25, 0.3) is 11.5 Å². The summed E-state index contributed by atoms with van der Waals surface area (Å²) in [7, 11) is 2.84. The molecule has 0 spiro atoms. The van der Waals surface area contributed by atoms with Crippen LogP contribution in [0.1, 0.15) is 16.3 Å². The average Bonchev–Trinajstić information content (AvgIpc) is 3.30. The van der Waals surface area contributed by atoms with Crippen LogP contribution in [0.15, 0.2) is 33.4 Å². The van der Waals surface area contributed by atoms with Crippen molar-refractivity contribution in [1.82, 2.24) is 25.4 Å². The van der Waals surface area contributed by atoms with E-state index in [-0.39, 0.29) is 30.1 Å². The second-order valence-corrected chi connectivity index (χ2v) is 4.46. The molecule has 0 atom stereocenters. The zero-order valence-electron chi connectivity index (χ0n) is 12.8. The van der Waals surface area contributed by atoms with Crippen molar-refractivity contribution in [1.29, 1.82) is 0 Å². The minimum absolute atomic E-state index is 0.0387. The Morgan fingerprint density at radius 2 is 1.92 bits per heavy atom. The van der Waals surface area contributed by atoms with Gasteiger partial charge in [-0.15, -0.1) is 4.98 Å². The van der Waals surface area contributed by atoms with Crippen molar-refractivity contribution in [3.05, 3.63) is 36.0 Å². The van der Waals surface area contributed by atoms with Crippen LogP contribution < -0.4 is 14.8 Å². The fourth-order valence-corrected chi connectivity index (χ4v) is 1.81. The number of furan rings is 1. The van der Waals surface area contributed by atoms with Gasteiger partial charge in [0.2, 0.25) is 5.76 Å². The maximum absolute atomic E-state index is 12.1. The first-order valence-corrected chi connectivity index (χ1v) is 6.81. The molecule has 0 aromatic carbocycles. The largest absolute Gasteiger partial charge is 0.467 e. The highest BCUT2D eigenvalue weighted by atomic mass is 16.5. The van der Waals surface area contributed by atoms with Gasteiger partial charge in [0.15, 0.2) is 17.3 Å². The highest BCUT2D eigenvalue weighted by Gasteiger charge is 2.16. The number of aromatic nitrogens is 4. The van der Waals surface area contributed by atoms with E-state index in [0.29, 0.717) is 11.5 Å². The smallest absolute Gasteiger partial charge is 0.322 e. The predicted octanol–water partition coefficient (Wildman–Crippen LogP) is 1.07. The van der Waals surface area contributed by atoms with Gasteiger partial charge in [0.05, 0.1) is 27.0 Å². The minimum Gasteiger partial charge on any atom is -0.467 e. The summed E-state index contributed by atoms with van der Waals surface area (Å²) in [4.78, 5) is 24.0. The predicted molar refractivity (Wildman–Crippen MR) is 78.3 cm³/mol. The molecule has 0 aliphatic carbocycles. The molecular weight excluding hydrogens is 318 g/mol. The number of carbonyl (C=O) groups is 1. The standard InChI is InChI=1S/C14H13N5O5/c1-21-13-16-11(17-14(18-13)22-2)7-15-12(20)8-6-10(24-19-8)9-4-3-5-23-9/h3-6H,7H2,1-2H3,(H,15,20). The SMILES string of the molecule is COc1nc(CNC(=O)c2cc(-c3ccco3)on2)nc(OC)n1. The summed E-state index contributed by atoms with van der Waals surface area (Å²) in [5, 5.41) is 6.32. The van der Waals surface area contributed by atoms with E-state index in [0.717, 1.165) is 0 Å². The summed E-state index contributed by atoms with van der Waals surface area (Å²) in [6.45, 7) is 0.0387. The van der Waals surface area contributed by atoms with Crippen molar-refractivity contribution < 1.29 is 23.2 Å². The quantitative estimate of drug-likeness (QED) is 0.705. The fourth-order valence-electron chi connectivity index (χ4n) is 1.81. The molecule has 0 saturated heterocycles. The Bertz CT molecular complexity index is 808. The monoisotopic (exact) mass is 331 g/mol. The first-order chi connectivity index (χ1) is 11.7. The summed E-state index contributed by atoms with van der Waals surface area (Å²) >= 11 is 0. The topological polar surface area (TPSA) is 125 Å². The third-order valence-electron chi connectivity index (χ3n) is 2.92. The maximum atomic E-state index is 12.1. The van der Waals surface area contributed by atoms with Crippen molar-refractivity contribution in [3.8, 4) is 23.5 Å². The molecule has 3 rings (SSSR count). The maximum Gasteiger partial charge on any atom is 0.322 e. The Hall–Kier alpha value is -3.43. The van der Waals surface area contributed by atoms with Gasteiger partial charge in [-0.3, -0.25) is 4.79 Å². The number of hydrogen-bond acceptors (Lipinski definition) is 9. The Kier molecular flexibility index (Phi) is 4.36. The Labute approximate surface area is 135 Å². The van der Waals surface area contributed by atoms with Crippen molar-refractivity contribution in [3.63, 3.8) is 0 Å². The van der Waals surface area contributed by atoms with Crippen LogP contribution in [0, 0.1) is 0 Å². The number of methoxy groups -OCH3 is 2. The lowest BCUT2D eigenvalue weighted by Gasteiger charge is -2.05.